The maximum atomic E-state index is 12.1. The van der Waals surface area contributed by atoms with E-state index in [2.05, 4.69) is 5.32 Å². The number of halogens is 1. The van der Waals surface area contributed by atoms with Gasteiger partial charge in [0.1, 0.15) is 6.07 Å². The van der Waals surface area contributed by atoms with Gasteiger partial charge in [0.25, 0.3) is 5.91 Å². The number of benzene rings is 2. The summed E-state index contributed by atoms with van der Waals surface area (Å²) in [6.07, 6.45) is 1.81. The molecule has 0 saturated heterocycles. The van der Waals surface area contributed by atoms with E-state index in [1.54, 1.807) is 23.9 Å². The molecule has 0 atom stereocenters. The Morgan fingerprint density at radius 1 is 1.14 bits per heavy atom. The average molecular weight is 417 g/mol. The van der Waals surface area contributed by atoms with Crippen molar-refractivity contribution in [1.82, 2.24) is 0 Å². The van der Waals surface area contributed by atoms with Gasteiger partial charge >= 0.3 is 5.97 Å². The number of carbonyl (C=O) groups is 3. The third-order valence-electron chi connectivity index (χ3n) is 3.71. The van der Waals surface area contributed by atoms with E-state index in [1.807, 2.05) is 24.5 Å². The summed E-state index contributed by atoms with van der Waals surface area (Å²) in [4.78, 5) is 36.8. The van der Waals surface area contributed by atoms with Gasteiger partial charge in [-0.1, -0.05) is 23.7 Å². The lowest BCUT2D eigenvalue weighted by Gasteiger charge is -2.08. The molecule has 144 valence electrons. The standard InChI is InChI=1S/C20H17ClN2O4S/c1-28-16-6-3-13(4-7-16)18(24)8-9-20(26)27-12-19(25)23-17-10-15(21)5-2-14(17)11-22/h2-7,10H,8-9,12H2,1H3,(H,23,25). The zero-order valence-electron chi connectivity index (χ0n) is 15.0. The van der Waals surface area contributed by atoms with Crippen molar-refractivity contribution in [2.75, 3.05) is 18.2 Å². The summed E-state index contributed by atoms with van der Waals surface area (Å²) in [5.74, 6) is -1.44. The van der Waals surface area contributed by atoms with Crippen molar-refractivity contribution in [1.29, 1.82) is 5.26 Å². The Morgan fingerprint density at radius 3 is 2.50 bits per heavy atom. The molecular formula is C20H17ClN2O4S. The fourth-order valence-electron chi connectivity index (χ4n) is 2.26. The van der Waals surface area contributed by atoms with E-state index < -0.39 is 18.5 Å². The van der Waals surface area contributed by atoms with Gasteiger partial charge in [0.05, 0.1) is 17.7 Å². The van der Waals surface area contributed by atoms with Crippen molar-refractivity contribution in [2.24, 2.45) is 0 Å². The number of anilines is 1. The van der Waals surface area contributed by atoms with Crippen molar-refractivity contribution in [3.05, 3.63) is 58.6 Å². The number of ketones is 1. The van der Waals surface area contributed by atoms with Crippen molar-refractivity contribution in [3.8, 4) is 6.07 Å². The van der Waals surface area contributed by atoms with E-state index >= 15 is 0 Å². The topological polar surface area (TPSA) is 96.3 Å². The number of thioether (sulfide) groups is 1. The van der Waals surface area contributed by atoms with Crippen LogP contribution in [0.25, 0.3) is 0 Å². The number of esters is 1. The van der Waals surface area contributed by atoms with Gasteiger partial charge in [0, 0.05) is 21.9 Å². The Labute approximate surface area is 171 Å². The highest BCUT2D eigenvalue weighted by atomic mass is 35.5. The second kappa shape index (κ2) is 10.5. The van der Waals surface area contributed by atoms with Gasteiger partial charge in [0.2, 0.25) is 0 Å². The first-order chi connectivity index (χ1) is 13.4. The van der Waals surface area contributed by atoms with E-state index in [0.29, 0.717) is 10.6 Å². The highest BCUT2D eigenvalue weighted by Gasteiger charge is 2.13. The van der Waals surface area contributed by atoms with Crippen LogP contribution in [0.1, 0.15) is 28.8 Å². The fourth-order valence-corrected chi connectivity index (χ4v) is 2.84. The number of carbonyl (C=O) groups excluding carboxylic acids is 3. The van der Waals surface area contributed by atoms with Gasteiger partial charge in [-0.25, -0.2) is 0 Å². The molecule has 6 nitrogen and oxygen atoms in total. The van der Waals surface area contributed by atoms with Gasteiger partial charge in [-0.2, -0.15) is 5.26 Å². The van der Waals surface area contributed by atoms with E-state index in [4.69, 9.17) is 21.6 Å². The summed E-state index contributed by atoms with van der Waals surface area (Å²) in [6, 6.07) is 13.5. The summed E-state index contributed by atoms with van der Waals surface area (Å²) in [5.41, 5.74) is 0.996. The van der Waals surface area contributed by atoms with Crippen LogP contribution in [0.15, 0.2) is 47.4 Å². The highest BCUT2D eigenvalue weighted by Crippen LogP contribution is 2.20. The number of hydrogen-bond donors (Lipinski definition) is 1. The van der Waals surface area contributed by atoms with Crippen molar-refractivity contribution >= 4 is 46.7 Å². The number of nitrogens with one attached hydrogen (secondary N) is 1. The number of hydrogen-bond acceptors (Lipinski definition) is 6. The highest BCUT2D eigenvalue weighted by molar-refractivity contribution is 7.98. The first kappa shape index (κ1) is 21.5. The molecule has 2 aromatic rings. The molecule has 2 rings (SSSR count). The number of nitriles is 1. The first-order valence-electron chi connectivity index (χ1n) is 8.25. The minimum Gasteiger partial charge on any atom is -0.456 e. The third kappa shape index (κ3) is 6.41. The lowest BCUT2D eigenvalue weighted by molar-refractivity contribution is -0.147. The van der Waals surface area contributed by atoms with Crippen LogP contribution >= 0.6 is 23.4 Å². The first-order valence-corrected chi connectivity index (χ1v) is 9.85. The minimum absolute atomic E-state index is 0.00800. The number of amides is 1. The van der Waals surface area contributed by atoms with Gasteiger partial charge in [0.15, 0.2) is 12.4 Å². The number of Topliss-reactive ketones (excluding diaryl/α,β-unsaturated/α-hetero) is 1. The molecule has 0 unspecified atom stereocenters. The molecule has 0 aromatic heterocycles. The van der Waals surface area contributed by atoms with E-state index in [-0.39, 0.29) is 29.9 Å². The van der Waals surface area contributed by atoms with Crippen LogP contribution in [0.4, 0.5) is 5.69 Å². The quantitative estimate of drug-likeness (QED) is 0.395. The molecule has 1 amide bonds. The van der Waals surface area contributed by atoms with Crippen LogP contribution < -0.4 is 5.32 Å². The summed E-state index contributed by atoms with van der Waals surface area (Å²) >= 11 is 7.42. The summed E-state index contributed by atoms with van der Waals surface area (Å²) < 4.78 is 4.88. The van der Waals surface area contributed by atoms with E-state index in [9.17, 15) is 14.4 Å². The Hall–Kier alpha value is -2.82. The zero-order chi connectivity index (χ0) is 20.5. The minimum atomic E-state index is -0.657. The summed E-state index contributed by atoms with van der Waals surface area (Å²) in [5, 5.41) is 11.8. The van der Waals surface area contributed by atoms with Gasteiger partial charge in [-0.05, 0) is 36.6 Å². The zero-order valence-corrected chi connectivity index (χ0v) is 16.6. The SMILES string of the molecule is CSc1ccc(C(=O)CCC(=O)OCC(=O)Nc2cc(Cl)ccc2C#N)cc1. The summed E-state index contributed by atoms with van der Waals surface area (Å²) in [6.45, 7) is -0.521. The van der Waals surface area contributed by atoms with Crippen LogP contribution in [0.5, 0.6) is 0 Å². The molecule has 0 fully saturated rings. The molecule has 8 heteroatoms. The fraction of sp³-hybridized carbons (Fsp3) is 0.200. The Balaban J connectivity index is 1.79. The average Bonchev–Trinajstić information content (AvgIpc) is 2.70. The second-order valence-electron chi connectivity index (χ2n) is 5.66. The Bertz CT molecular complexity index is 923. The Kier molecular flexibility index (Phi) is 8.05. The van der Waals surface area contributed by atoms with Crippen LogP contribution in [0.2, 0.25) is 5.02 Å². The predicted octanol–water partition coefficient (Wildman–Crippen LogP) is 4.08. The second-order valence-corrected chi connectivity index (χ2v) is 6.98. The molecule has 0 saturated carbocycles. The van der Waals surface area contributed by atoms with Crippen LogP contribution in [0, 0.1) is 11.3 Å². The number of nitrogens with zero attached hydrogens (tertiary/aromatic N) is 1. The molecule has 0 heterocycles. The normalized spacial score (nSPS) is 10.0. The molecule has 0 spiro atoms. The maximum absolute atomic E-state index is 12.1. The van der Waals surface area contributed by atoms with Crippen LogP contribution in [-0.2, 0) is 14.3 Å². The predicted molar refractivity (Wildman–Crippen MR) is 108 cm³/mol. The molecule has 0 bridgehead atoms. The van der Waals surface area contributed by atoms with Gasteiger partial charge in [-0.15, -0.1) is 11.8 Å². The molecule has 0 aliphatic heterocycles. The van der Waals surface area contributed by atoms with E-state index in [0.717, 1.165) is 4.90 Å². The molecule has 28 heavy (non-hydrogen) atoms. The monoisotopic (exact) mass is 416 g/mol. The van der Waals surface area contributed by atoms with E-state index in [1.165, 1.54) is 18.2 Å². The molecule has 0 aliphatic rings. The smallest absolute Gasteiger partial charge is 0.306 e. The maximum Gasteiger partial charge on any atom is 0.306 e. The van der Waals surface area contributed by atoms with Gasteiger partial charge < -0.3 is 10.1 Å². The third-order valence-corrected chi connectivity index (χ3v) is 4.69. The van der Waals surface area contributed by atoms with Crippen molar-refractivity contribution in [2.45, 2.75) is 17.7 Å². The molecule has 0 radical (unpaired) electrons. The lowest BCUT2D eigenvalue weighted by Crippen LogP contribution is -2.21. The Morgan fingerprint density at radius 2 is 1.86 bits per heavy atom. The van der Waals surface area contributed by atoms with Crippen molar-refractivity contribution in [3.63, 3.8) is 0 Å². The molecule has 1 N–H and O–H groups in total. The molecule has 0 aliphatic carbocycles. The lowest BCUT2D eigenvalue weighted by atomic mass is 10.1. The largest absolute Gasteiger partial charge is 0.456 e. The van der Waals surface area contributed by atoms with Gasteiger partial charge in [-0.3, -0.25) is 14.4 Å². The molecular weight excluding hydrogens is 400 g/mol. The number of rotatable bonds is 8. The number of ether oxygens (including phenoxy) is 1. The summed E-state index contributed by atoms with van der Waals surface area (Å²) in [7, 11) is 0. The van der Waals surface area contributed by atoms with Crippen LogP contribution in [0.3, 0.4) is 0 Å². The molecule has 2 aromatic carbocycles. The van der Waals surface area contributed by atoms with Crippen molar-refractivity contribution < 1.29 is 19.1 Å². The van der Waals surface area contributed by atoms with Crippen LogP contribution in [-0.4, -0.2) is 30.5 Å².